The van der Waals surface area contributed by atoms with Crippen molar-refractivity contribution in [1.82, 2.24) is 9.38 Å². The lowest BCUT2D eigenvalue weighted by molar-refractivity contribution is -0.0644. The molecule has 0 radical (unpaired) electrons. The number of carboxylic acids is 1. The molecule has 2 N–H and O–H groups in total. The van der Waals surface area contributed by atoms with E-state index in [1.165, 1.54) is 22.3 Å². The molecule has 1 aliphatic heterocycles. The van der Waals surface area contributed by atoms with Gasteiger partial charge in [0.05, 0.1) is 29.8 Å². The van der Waals surface area contributed by atoms with E-state index >= 15 is 0 Å². The van der Waals surface area contributed by atoms with Crippen LogP contribution in [-0.2, 0) is 0 Å². The summed E-state index contributed by atoms with van der Waals surface area (Å²) in [6, 6.07) is 6.92. The Bertz CT molecular complexity index is 1290. The average Bonchev–Trinajstić information content (AvgIpc) is 2.74. The number of carboxylic acid groups (broad SMARTS) is 1. The first-order valence-corrected chi connectivity index (χ1v) is 10.3. The van der Waals surface area contributed by atoms with Gasteiger partial charge in [-0.05, 0) is 51.5 Å². The Morgan fingerprint density at radius 1 is 1.31 bits per heavy atom. The van der Waals surface area contributed by atoms with Gasteiger partial charge >= 0.3 is 5.97 Å². The van der Waals surface area contributed by atoms with E-state index in [0.29, 0.717) is 22.5 Å². The summed E-state index contributed by atoms with van der Waals surface area (Å²) in [6.07, 6.45) is 1.66. The van der Waals surface area contributed by atoms with Crippen LogP contribution in [0.4, 0.5) is 20.3 Å². The highest BCUT2D eigenvalue weighted by molar-refractivity contribution is 5.94. The first kappa shape index (κ1) is 21.7. The Balaban J connectivity index is 1.83. The molecule has 7 nitrogen and oxygen atoms in total. The van der Waals surface area contributed by atoms with Gasteiger partial charge in [0.15, 0.2) is 0 Å². The van der Waals surface area contributed by atoms with Gasteiger partial charge in [-0.3, -0.25) is 9.20 Å². The van der Waals surface area contributed by atoms with E-state index in [0.717, 1.165) is 5.56 Å². The number of aromatic carboxylic acids is 1. The second kappa shape index (κ2) is 7.58. The summed E-state index contributed by atoms with van der Waals surface area (Å²) in [7, 11) is 0. The van der Waals surface area contributed by atoms with Gasteiger partial charge in [-0.1, -0.05) is 12.1 Å². The summed E-state index contributed by atoms with van der Waals surface area (Å²) in [4.78, 5) is 30.7. The van der Waals surface area contributed by atoms with E-state index in [1.807, 2.05) is 19.9 Å². The molecule has 32 heavy (non-hydrogen) atoms. The SMILES string of the molecule is Cc1cc(C(C)Nc2ccccc2C(=O)O)c2nc(N3CC(F)(F)[C@@H]3C)c(C)c(=O)n2c1. The summed E-state index contributed by atoms with van der Waals surface area (Å²) < 4.78 is 29.0. The van der Waals surface area contributed by atoms with Crippen LogP contribution in [0, 0.1) is 13.8 Å². The molecule has 0 bridgehead atoms. The monoisotopic (exact) mass is 442 g/mol. The first-order chi connectivity index (χ1) is 15.0. The molecule has 1 aromatic carbocycles. The number of nitrogens with zero attached hydrogens (tertiary/aromatic N) is 3. The number of para-hydroxylation sites is 1. The van der Waals surface area contributed by atoms with Gasteiger partial charge in [-0.15, -0.1) is 0 Å². The van der Waals surface area contributed by atoms with E-state index in [-0.39, 0.29) is 16.9 Å². The molecule has 0 saturated carbocycles. The zero-order chi connectivity index (χ0) is 23.4. The maximum Gasteiger partial charge on any atom is 0.337 e. The highest BCUT2D eigenvalue weighted by atomic mass is 19.3. The zero-order valence-corrected chi connectivity index (χ0v) is 18.2. The molecule has 1 unspecified atom stereocenters. The maximum absolute atomic E-state index is 13.8. The predicted molar refractivity (Wildman–Crippen MR) is 118 cm³/mol. The van der Waals surface area contributed by atoms with Crippen molar-refractivity contribution >= 4 is 23.1 Å². The molecule has 168 valence electrons. The third-order valence-corrected chi connectivity index (χ3v) is 6.02. The van der Waals surface area contributed by atoms with Gasteiger partial charge in [-0.2, -0.15) is 0 Å². The molecule has 1 saturated heterocycles. The van der Waals surface area contributed by atoms with Crippen LogP contribution in [0.15, 0.2) is 41.3 Å². The van der Waals surface area contributed by atoms with Crippen molar-refractivity contribution in [3.8, 4) is 0 Å². The number of halogens is 2. The summed E-state index contributed by atoms with van der Waals surface area (Å²) in [5.74, 6) is -3.64. The van der Waals surface area contributed by atoms with Crippen molar-refractivity contribution in [3.63, 3.8) is 0 Å². The van der Waals surface area contributed by atoms with E-state index < -0.39 is 30.5 Å². The number of nitrogens with one attached hydrogen (secondary N) is 1. The molecule has 9 heteroatoms. The highest BCUT2D eigenvalue weighted by Crippen LogP contribution is 2.38. The minimum atomic E-state index is -2.83. The summed E-state index contributed by atoms with van der Waals surface area (Å²) >= 11 is 0. The molecule has 3 heterocycles. The molecule has 1 aliphatic rings. The fraction of sp³-hybridized carbons (Fsp3) is 0.348. The Morgan fingerprint density at radius 2 is 2.00 bits per heavy atom. The lowest BCUT2D eigenvalue weighted by atomic mass is 9.99. The topological polar surface area (TPSA) is 86.9 Å². The van der Waals surface area contributed by atoms with Crippen molar-refractivity contribution in [2.75, 3.05) is 16.8 Å². The molecule has 2 atom stereocenters. The number of carbonyl (C=O) groups is 1. The minimum absolute atomic E-state index is 0.120. The van der Waals surface area contributed by atoms with Gasteiger partial charge in [0.2, 0.25) is 0 Å². The third-order valence-electron chi connectivity index (χ3n) is 6.02. The molecule has 2 aromatic heterocycles. The number of alkyl halides is 2. The number of fused-ring (bicyclic) bond motifs is 1. The van der Waals surface area contributed by atoms with Gasteiger partial charge < -0.3 is 15.3 Å². The molecule has 4 rings (SSSR count). The standard InChI is InChI=1S/C23H24F2N4O3/c1-12-9-17(14(3)26-18-8-6-5-7-16(18)22(31)32)20-27-19(13(2)21(30)28(20)10-12)29-11-23(24,25)15(29)4/h5-10,14-15,26H,11H2,1-4H3,(H,31,32)/t14?,15-/m0/s1. The molecule has 0 amide bonds. The van der Waals surface area contributed by atoms with Gasteiger partial charge in [0.25, 0.3) is 11.5 Å². The van der Waals surface area contributed by atoms with Crippen LogP contribution in [0.1, 0.15) is 46.9 Å². The average molecular weight is 442 g/mol. The van der Waals surface area contributed by atoms with Crippen molar-refractivity contribution in [1.29, 1.82) is 0 Å². The van der Waals surface area contributed by atoms with E-state index in [2.05, 4.69) is 10.3 Å². The van der Waals surface area contributed by atoms with Crippen molar-refractivity contribution in [3.05, 3.63) is 69.1 Å². The Kier molecular flexibility index (Phi) is 5.15. The molecular weight excluding hydrogens is 418 g/mol. The van der Waals surface area contributed by atoms with Gasteiger partial charge in [0, 0.05) is 17.4 Å². The number of hydrogen-bond acceptors (Lipinski definition) is 5. The second-order valence-electron chi connectivity index (χ2n) is 8.31. The van der Waals surface area contributed by atoms with Crippen LogP contribution >= 0.6 is 0 Å². The Labute approximate surface area is 183 Å². The number of benzene rings is 1. The molecule has 0 spiro atoms. The lowest BCUT2D eigenvalue weighted by Crippen LogP contribution is -2.64. The normalized spacial score (nSPS) is 18.3. The van der Waals surface area contributed by atoms with Crippen molar-refractivity contribution in [2.45, 2.75) is 45.7 Å². The quantitative estimate of drug-likeness (QED) is 0.621. The highest BCUT2D eigenvalue weighted by Gasteiger charge is 2.53. The number of hydrogen-bond donors (Lipinski definition) is 2. The predicted octanol–water partition coefficient (Wildman–Crippen LogP) is 4.03. The zero-order valence-electron chi connectivity index (χ0n) is 18.2. The third kappa shape index (κ3) is 3.47. The number of aryl methyl sites for hydroxylation is 1. The number of aromatic nitrogens is 2. The first-order valence-electron chi connectivity index (χ1n) is 10.3. The second-order valence-corrected chi connectivity index (χ2v) is 8.31. The lowest BCUT2D eigenvalue weighted by Gasteiger charge is -2.47. The van der Waals surface area contributed by atoms with E-state index in [9.17, 15) is 23.5 Å². The molecule has 1 fully saturated rings. The van der Waals surface area contributed by atoms with Crippen LogP contribution in [0.2, 0.25) is 0 Å². The smallest absolute Gasteiger partial charge is 0.337 e. The van der Waals surface area contributed by atoms with Gasteiger partial charge in [0.1, 0.15) is 11.5 Å². The molecule has 0 aliphatic carbocycles. The minimum Gasteiger partial charge on any atom is -0.478 e. The van der Waals surface area contributed by atoms with E-state index in [4.69, 9.17) is 0 Å². The maximum atomic E-state index is 13.8. The van der Waals surface area contributed by atoms with Crippen molar-refractivity contribution in [2.24, 2.45) is 0 Å². The van der Waals surface area contributed by atoms with E-state index in [1.54, 1.807) is 31.3 Å². The number of anilines is 2. The van der Waals surface area contributed by atoms with Gasteiger partial charge in [-0.25, -0.2) is 18.6 Å². The van der Waals surface area contributed by atoms with Crippen LogP contribution in [0.25, 0.3) is 5.65 Å². The van der Waals surface area contributed by atoms with Crippen molar-refractivity contribution < 1.29 is 18.7 Å². The number of rotatable bonds is 5. The molecular formula is C23H24F2N4O3. The fourth-order valence-electron chi connectivity index (χ4n) is 4.06. The van der Waals surface area contributed by atoms with Crippen LogP contribution in [-0.4, -0.2) is 39.0 Å². The summed E-state index contributed by atoms with van der Waals surface area (Å²) in [5, 5.41) is 12.7. The van der Waals surface area contributed by atoms with Crippen LogP contribution < -0.4 is 15.8 Å². The van der Waals surface area contributed by atoms with Crippen LogP contribution in [0.5, 0.6) is 0 Å². The Morgan fingerprint density at radius 3 is 2.62 bits per heavy atom. The Hall–Kier alpha value is -3.49. The summed E-state index contributed by atoms with van der Waals surface area (Å²) in [6.45, 7) is 6.19. The fourth-order valence-corrected chi connectivity index (χ4v) is 4.06. The van der Waals surface area contributed by atoms with Crippen LogP contribution in [0.3, 0.4) is 0 Å². The number of pyridine rings is 1. The molecule has 3 aromatic rings. The summed E-state index contributed by atoms with van der Waals surface area (Å²) in [5.41, 5.74) is 2.34. The largest absolute Gasteiger partial charge is 0.478 e.